The molecule has 0 saturated carbocycles. The van der Waals surface area contributed by atoms with Crippen LogP contribution in [0.2, 0.25) is 0 Å². The van der Waals surface area contributed by atoms with E-state index in [0.29, 0.717) is 0 Å². The highest BCUT2D eigenvalue weighted by atomic mass is 79.9. The quantitative estimate of drug-likeness (QED) is 0.700. The minimum Gasteiger partial charge on any atom is -0.312 e. The minimum atomic E-state index is -0.382. The predicted octanol–water partition coefficient (Wildman–Crippen LogP) is 1.67. The second-order valence-electron chi connectivity index (χ2n) is 2.53. The SMILES string of the molecule is Cc1ccc(Br)cc1C(N)N. The van der Waals surface area contributed by atoms with Gasteiger partial charge in [-0.2, -0.15) is 0 Å². The zero-order valence-corrected chi connectivity index (χ0v) is 7.93. The number of hydrogen-bond donors (Lipinski definition) is 2. The molecule has 0 fully saturated rings. The lowest BCUT2D eigenvalue weighted by molar-refractivity contribution is 0.766. The van der Waals surface area contributed by atoms with Crippen molar-refractivity contribution >= 4 is 15.9 Å². The second-order valence-corrected chi connectivity index (χ2v) is 3.44. The average molecular weight is 215 g/mol. The molecule has 0 radical (unpaired) electrons. The number of nitrogens with two attached hydrogens (primary N) is 2. The predicted molar refractivity (Wildman–Crippen MR) is 50.0 cm³/mol. The van der Waals surface area contributed by atoms with Gasteiger partial charge in [-0.15, -0.1) is 0 Å². The summed E-state index contributed by atoms with van der Waals surface area (Å²) < 4.78 is 1.01. The van der Waals surface area contributed by atoms with E-state index in [1.807, 2.05) is 25.1 Å². The fraction of sp³-hybridized carbons (Fsp3) is 0.250. The first-order chi connectivity index (χ1) is 5.11. The lowest BCUT2D eigenvalue weighted by Gasteiger charge is -2.09. The molecule has 1 aromatic rings. The van der Waals surface area contributed by atoms with Crippen molar-refractivity contribution in [2.75, 3.05) is 0 Å². The number of hydrogen-bond acceptors (Lipinski definition) is 2. The fourth-order valence-corrected chi connectivity index (χ4v) is 1.35. The van der Waals surface area contributed by atoms with Gasteiger partial charge in [0, 0.05) is 4.47 Å². The third-order valence-corrected chi connectivity index (χ3v) is 2.09. The summed E-state index contributed by atoms with van der Waals surface area (Å²) in [6.45, 7) is 1.99. The Labute approximate surface area is 74.7 Å². The maximum absolute atomic E-state index is 5.54. The van der Waals surface area contributed by atoms with Crippen LogP contribution in [-0.4, -0.2) is 0 Å². The fourth-order valence-electron chi connectivity index (χ4n) is 0.970. The van der Waals surface area contributed by atoms with Crippen molar-refractivity contribution in [2.45, 2.75) is 13.1 Å². The van der Waals surface area contributed by atoms with Crippen LogP contribution in [0.15, 0.2) is 22.7 Å². The van der Waals surface area contributed by atoms with Gasteiger partial charge >= 0.3 is 0 Å². The summed E-state index contributed by atoms with van der Waals surface area (Å²) in [6, 6.07) is 5.91. The van der Waals surface area contributed by atoms with Gasteiger partial charge < -0.3 is 11.5 Å². The molecule has 3 heteroatoms. The normalized spacial score (nSPS) is 10.6. The molecule has 0 aromatic heterocycles. The summed E-state index contributed by atoms with van der Waals surface area (Å²) in [5, 5.41) is 0. The van der Waals surface area contributed by atoms with Gasteiger partial charge in [0.05, 0.1) is 6.17 Å². The Morgan fingerprint density at radius 1 is 1.36 bits per heavy atom. The molecule has 1 aromatic carbocycles. The van der Waals surface area contributed by atoms with E-state index in [1.54, 1.807) is 0 Å². The van der Waals surface area contributed by atoms with Crippen LogP contribution in [0.3, 0.4) is 0 Å². The summed E-state index contributed by atoms with van der Waals surface area (Å²) >= 11 is 3.35. The van der Waals surface area contributed by atoms with E-state index < -0.39 is 0 Å². The molecule has 0 amide bonds. The molecule has 0 aliphatic heterocycles. The van der Waals surface area contributed by atoms with E-state index in [9.17, 15) is 0 Å². The van der Waals surface area contributed by atoms with E-state index >= 15 is 0 Å². The second kappa shape index (κ2) is 3.34. The Morgan fingerprint density at radius 2 is 2.00 bits per heavy atom. The molecule has 0 saturated heterocycles. The van der Waals surface area contributed by atoms with Crippen LogP contribution in [-0.2, 0) is 0 Å². The van der Waals surface area contributed by atoms with Gasteiger partial charge in [0.1, 0.15) is 0 Å². The smallest absolute Gasteiger partial charge is 0.0787 e. The molecule has 0 unspecified atom stereocenters. The van der Waals surface area contributed by atoms with Crippen LogP contribution in [0, 0.1) is 6.92 Å². The Balaban J connectivity index is 3.13. The Hall–Kier alpha value is -0.380. The molecule has 4 N–H and O–H groups in total. The topological polar surface area (TPSA) is 52.0 Å². The van der Waals surface area contributed by atoms with Crippen molar-refractivity contribution in [3.05, 3.63) is 33.8 Å². The number of halogens is 1. The van der Waals surface area contributed by atoms with Gasteiger partial charge in [-0.3, -0.25) is 0 Å². The summed E-state index contributed by atoms with van der Waals surface area (Å²) in [5.41, 5.74) is 13.2. The summed E-state index contributed by atoms with van der Waals surface area (Å²) in [5.74, 6) is 0. The van der Waals surface area contributed by atoms with Crippen LogP contribution < -0.4 is 11.5 Å². The largest absolute Gasteiger partial charge is 0.312 e. The first-order valence-corrected chi connectivity index (χ1v) is 4.18. The molecular weight excluding hydrogens is 204 g/mol. The Kier molecular flexibility index (Phi) is 2.65. The molecule has 0 heterocycles. The lowest BCUT2D eigenvalue weighted by atomic mass is 10.1. The zero-order chi connectivity index (χ0) is 8.43. The molecular formula is C8H11BrN2. The summed E-state index contributed by atoms with van der Waals surface area (Å²) in [7, 11) is 0. The lowest BCUT2D eigenvalue weighted by Crippen LogP contribution is -2.20. The van der Waals surface area contributed by atoms with Gasteiger partial charge in [-0.25, -0.2) is 0 Å². The van der Waals surface area contributed by atoms with Gasteiger partial charge in [-0.1, -0.05) is 22.0 Å². The summed E-state index contributed by atoms with van der Waals surface area (Å²) in [4.78, 5) is 0. The molecule has 0 bridgehead atoms. The van der Waals surface area contributed by atoms with Crippen LogP contribution >= 0.6 is 15.9 Å². The van der Waals surface area contributed by atoms with Crippen molar-refractivity contribution in [1.82, 2.24) is 0 Å². The summed E-state index contributed by atoms with van der Waals surface area (Å²) in [6.07, 6.45) is -0.382. The van der Waals surface area contributed by atoms with Gasteiger partial charge in [0.25, 0.3) is 0 Å². The van der Waals surface area contributed by atoms with Crippen molar-refractivity contribution in [1.29, 1.82) is 0 Å². The minimum absolute atomic E-state index is 0.382. The molecule has 0 spiro atoms. The van der Waals surface area contributed by atoms with Crippen molar-refractivity contribution < 1.29 is 0 Å². The van der Waals surface area contributed by atoms with E-state index in [4.69, 9.17) is 11.5 Å². The third kappa shape index (κ3) is 2.02. The first-order valence-electron chi connectivity index (χ1n) is 3.38. The van der Waals surface area contributed by atoms with Gasteiger partial charge in [-0.05, 0) is 30.2 Å². The molecule has 60 valence electrons. The van der Waals surface area contributed by atoms with Gasteiger partial charge in [0.15, 0.2) is 0 Å². The molecule has 11 heavy (non-hydrogen) atoms. The Morgan fingerprint density at radius 3 is 2.45 bits per heavy atom. The van der Waals surface area contributed by atoms with Crippen LogP contribution in [0.1, 0.15) is 17.3 Å². The third-order valence-electron chi connectivity index (χ3n) is 1.60. The van der Waals surface area contributed by atoms with Crippen molar-refractivity contribution in [2.24, 2.45) is 11.5 Å². The van der Waals surface area contributed by atoms with Crippen LogP contribution in [0.4, 0.5) is 0 Å². The highest BCUT2D eigenvalue weighted by Gasteiger charge is 2.03. The zero-order valence-electron chi connectivity index (χ0n) is 6.34. The van der Waals surface area contributed by atoms with Crippen LogP contribution in [0.25, 0.3) is 0 Å². The first kappa shape index (κ1) is 8.71. The number of benzene rings is 1. The molecule has 2 nitrogen and oxygen atoms in total. The van der Waals surface area contributed by atoms with E-state index in [-0.39, 0.29) is 6.17 Å². The maximum atomic E-state index is 5.54. The van der Waals surface area contributed by atoms with E-state index in [0.717, 1.165) is 15.6 Å². The highest BCUT2D eigenvalue weighted by molar-refractivity contribution is 9.10. The molecule has 1 rings (SSSR count). The van der Waals surface area contributed by atoms with Crippen LogP contribution in [0.5, 0.6) is 0 Å². The number of rotatable bonds is 1. The monoisotopic (exact) mass is 214 g/mol. The van der Waals surface area contributed by atoms with Gasteiger partial charge in [0.2, 0.25) is 0 Å². The van der Waals surface area contributed by atoms with E-state index in [1.165, 1.54) is 0 Å². The molecule has 0 aliphatic rings. The average Bonchev–Trinajstić information content (AvgIpc) is 1.94. The van der Waals surface area contributed by atoms with E-state index in [2.05, 4.69) is 15.9 Å². The maximum Gasteiger partial charge on any atom is 0.0787 e. The Bertz CT molecular complexity index is 258. The molecule has 0 aliphatic carbocycles. The number of aryl methyl sites for hydroxylation is 1. The van der Waals surface area contributed by atoms with Crippen molar-refractivity contribution in [3.63, 3.8) is 0 Å². The standard InChI is InChI=1S/C8H11BrN2/c1-5-2-3-6(9)4-7(5)8(10)11/h2-4,8H,10-11H2,1H3. The molecule has 0 atom stereocenters. The van der Waals surface area contributed by atoms with Crippen molar-refractivity contribution in [3.8, 4) is 0 Å². The highest BCUT2D eigenvalue weighted by Crippen LogP contribution is 2.18.